The molecule has 0 amide bonds. The van der Waals surface area contributed by atoms with Crippen molar-refractivity contribution in [3.8, 4) is 0 Å². The van der Waals surface area contributed by atoms with Crippen LogP contribution in [0.5, 0.6) is 0 Å². The van der Waals surface area contributed by atoms with Crippen molar-refractivity contribution in [3.63, 3.8) is 0 Å². The van der Waals surface area contributed by atoms with Gasteiger partial charge in [-0.15, -0.1) is 0 Å². The van der Waals surface area contributed by atoms with Gasteiger partial charge in [0.15, 0.2) is 0 Å². The van der Waals surface area contributed by atoms with Crippen LogP contribution < -0.4 is 0 Å². The fraction of sp³-hybridized carbons (Fsp3) is 0.486. The highest BCUT2D eigenvalue weighted by Gasteiger charge is 2.22. The molecule has 0 aliphatic heterocycles. The summed E-state index contributed by atoms with van der Waals surface area (Å²) in [6, 6.07) is 29.6. The van der Waals surface area contributed by atoms with Crippen LogP contribution in [0, 0.1) is 11.8 Å². The molecular formula is C35H46. The lowest BCUT2D eigenvalue weighted by Gasteiger charge is -2.26. The SMILES string of the molecule is CCC(Cc1ccccc1)c1ccc(CCc2ccccc2)c(C(C)C(C)CCC2CCCC2)c1. The summed E-state index contributed by atoms with van der Waals surface area (Å²) < 4.78 is 0. The first kappa shape index (κ1) is 25.7. The van der Waals surface area contributed by atoms with Crippen LogP contribution in [-0.4, -0.2) is 0 Å². The van der Waals surface area contributed by atoms with Crippen LogP contribution in [0.2, 0.25) is 0 Å². The second-order valence-corrected chi connectivity index (χ2v) is 11.2. The molecule has 3 aromatic rings. The maximum atomic E-state index is 2.61. The van der Waals surface area contributed by atoms with Crippen molar-refractivity contribution in [2.24, 2.45) is 11.8 Å². The lowest BCUT2D eigenvalue weighted by molar-refractivity contribution is 0.379. The van der Waals surface area contributed by atoms with Gasteiger partial charge in [0.1, 0.15) is 0 Å². The third-order valence-corrected chi connectivity index (χ3v) is 8.83. The normalized spacial score (nSPS) is 16.8. The predicted molar refractivity (Wildman–Crippen MR) is 152 cm³/mol. The fourth-order valence-corrected chi connectivity index (χ4v) is 6.19. The second kappa shape index (κ2) is 13.1. The van der Waals surface area contributed by atoms with Crippen molar-refractivity contribution < 1.29 is 0 Å². The van der Waals surface area contributed by atoms with Gasteiger partial charge in [-0.3, -0.25) is 0 Å². The lowest BCUT2D eigenvalue weighted by atomic mass is 9.79. The van der Waals surface area contributed by atoms with E-state index in [9.17, 15) is 0 Å². The molecule has 3 atom stereocenters. The van der Waals surface area contributed by atoms with Crippen LogP contribution in [0.4, 0.5) is 0 Å². The van der Waals surface area contributed by atoms with Crippen molar-refractivity contribution in [2.45, 2.75) is 96.8 Å². The van der Waals surface area contributed by atoms with Crippen LogP contribution >= 0.6 is 0 Å². The van der Waals surface area contributed by atoms with Gasteiger partial charge in [-0.2, -0.15) is 0 Å². The molecular weight excluding hydrogens is 420 g/mol. The number of hydrogen-bond acceptors (Lipinski definition) is 0. The third kappa shape index (κ3) is 7.33. The van der Waals surface area contributed by atoms with Crippen LogP contribution in [0.25, 0.3) is 0 Å². The maximum Gasteiger partial charge on any atom is -0.0124 e. The Morgan fingerprint density at radius 3 is 2.09 bits per heavy atom. The van der Waals surface area contributed by atoms with Gasteiger partial charge in [0.05, 0.1) is 0 Å². The van der Waals surface area contributed by atoms with E-state index in [1.165, 1.54) is 61.6 Å². The number of aryl methyl sites for hydroxylation is 2. The largest absolute Gasteiger partial charge is 0.0648 e. The Hall–Kier alpha value is -2.34. The molecule has 0 saturated heterocycles. The highest BCUT2D eigenvalue weighted by Crippen LogP contribution is 2.37. The third-order valence-electron chi connectivity index (χ3n) is 8.83. The van der Waals surface area contributed by atoms with Gasteiger partial charge in [0, 0.05) is 0 Å². The Labute approximate surface area is 215 Å². The van der Waals surface area contributed by atoms with E-state index in [0.717, 1.165) is 31.1 Å². The topological polar surface area (TPSA) is 0 Å². The van der Waals surface area contributed by atoms with Gasteiger partial charge in [0.25, 0.3) is 0 Å². The highest BCUT2D eigenvalue weighted by atomic mass is 14.3. The van der Waals surface area contributed by atoms with E-state index in [1.54, 1.807) is 11.1 Å². The van der Waals surface area contributed by atoms with Gasteiger partial charge < -0.3 is 0 Å². The van der Waals surface area contributed by atoms with E-state index in [0.29, 0.717) is 11.8 Å². The Bertz CT molecular complexity index is 997. The average molecular weight is 467 g/mol. The molecule has 35 heavy (non-hydrogen) atoms. The molecule has 4 rings (SSSR count). The van der Waals surface area contributed by atoms with Crippen LogP contribution in [0.1, 0.15) is 105 Å². The molecule has 0 heteroatoms. The highest BCUT2D eigenvalue weighted by molar-refractivity contribution is 5.38. The minimum atomic E-state index is 0.584. The van der Waals surface area contributed by atoms with E-state index < -0.39 is 0 Å². The Morgan fingerprint density at radius 2 is 1.43 bits per heavy atom. The number of benzene rings is 3. The van der Waals surface area contributed by atoms with Gasteiger partial charge in [-0.25, -0.2) is 0 Å². The standard InChI is InChI=1S/C35H46/c1-4-32(25-31-17-9-6-10-18-31)34-24-23-33(22-21-30-13-7-5-8-14-30)35(26-34)28(3)27(2)19-20-29-15-11-12-16-29/h5-10,13-14,17-18,23-24,26-29,32H,4,11-12,15-16,19-22,25H2,1-3H3. The summed E-state index contributed by atoms with van der Waals surface area (Å²) in [5.41, 5.74) is 7.60. The molecule has 0 nitrogen and oxygen atoms in total. The summed E-state index contributed by atoms with van der Waals surface area (Å²) in [7, 11) is 0. The van der Waals surface area contributed by atoms with Crippen molar-refractivity contribution in [1.82, 2.24) is 0 Å². The summed E-state index contributed by atoms with van der Waals surface area (Å²) in [4.78, 5) is 0. The lowest BCUT2D eigenvalue weighted by Crippen LogP contribution is -2.12. The molecule has 3 aromatic carbocycles. The molecule has 0 bridgehead atoms. The molecule has 1 aliphatic rings. The molecule has 1 saturated carbocycles. The summed E-state index contributed by atoms with van der Waals surface area (Å²) in [5, 5.41) is 0. The first-order valence-corrected chi connectivity index (χ1v) is 14.3. The molecule has 0 heterocycles. The quantitative estimate of drug-likeness (QED) is 0.249. The van der Waals surface area contributed by atoms with E-state index in [2.05, 4.69) is 99.6 Å². The minimum Gasteiger partial charge on any atom is -0.0648 e. The fourth-order valence-electron chi connectivity index (χ4n) is 6.19. The zero-order chi connectivity index (χ0) is 24.5. The smallest absolute Gasteiger partial charge is 0.0124 e. The second-order valence-electron chi connectivity index (χ2n) is 11.2. The van der Waals surface area contributed by atoms with E-state index in [4.69, 9.17) is 0 Å². The van der Waals surface area contributed by atoms with Crippen molar-refractivity contribution >= 4 is 0 Å². The van der Waals surface area contributed by atoms with Gasteiger partial charge in [-0.05, 0) is 83.6 Å². The maximum absolute atomic E-state index is 2.61. The van der Waals surface area contributed by atoms with E-state index in [1.807, 2.05) is 0 Å². The van der Waals surface area contributed by atoms with Crippen LogP contribution in [0.15, 0.2) is 78.9 Å². The molecule has 3 unspecified atom stereocenters. The Kier molecular flexibility index (Phi) is 9.64. The molecule has 1 fully saturated rings. The molecule has 1 aliphatic carbocycles. The Balaban J connectivity index is 1.54. The minimum absolute atomic E-state index is 0.584. The molecule has 0 N–H and O–H groups in total. The summed E-state index contributed by atoms with van der Waals surface area (Å²) in [5.74, 6) is 2.91. The van der Waals surface area contributed by atoms with E-state index in [-0.39, 0.29) is 0 Å². The number of rotatable bonds is 12. The zero-order valence-corrected chi connectivity index (χ0v) is 22.4. The predicted octanol–water partition coefficient (Wildman–Crippen LogP) is 9.92. The summed E-state index contributed by atoms with van der Waals surface area (Å²) >= 11 is 0. The van der Waals surface area contributed by atoms with Gasteiger partial charge in [0.2, 0.25) is 0 Å². The number of hydrogen-bond donors (Lipinski definition) is 0. The van der Waals surface area contributed by atoms with Gasteiger partial charge >= 0.3 is 0 Å². The van der Waals surface area contributed by atoms with Crippen molar-refractivity contribution in [3.05, 3.63) is 107 Å². The van der Waals surface area contributed by atoms with Crippen LogP contribution in [0.3, 0.4) is 0 Å². The monoisotopic (exact) mass is 466 g/mol. The molecule has 0 radical (unpaired) electrons. The molecule has 0 spiro atoms. The summed E-state index contributed by atoms with van der Waals surface area (Å²) in [6.45, 7) is 7.36. The first-order chi connectivity index (χ1) is 17.1. The molecule has 186 valence electrons. The summed E-state index contributed by atoms with van der Waals surface area (Å²) in [6.07, 6.45) is 13.2. The van der Waals surface area contributed by atoms with Crippen LogP contribution in [-0.2, 0) is 19.3 Å². The van der Waals surface area contributed by atoms with E-state index >= 15 is 0 Å². The Morgan fingerprint density at radius 1 is 0.771 bits per heavy atom. The van der Waals surface area contributed by atoms with Gasteiger partial charge in [-0.1, -0.05) is 132 Å². The van der Waals surface area contributed by atoms with Crippen molar-refractivity contribution in [2.75, 3.05) is 0 Å². The first-order valence-electron chi connectivity index (χ1n) is 14.3. The molecule has 0 aromatic heterocycles. The average Bonchev–Trinajstić information content (AvgIpc) is 3.44. The zero-order valence-electron chi connectivity index (χ0n) is 22.4. The van der Waals surface area contributed by atoms with Crippen molar-refractivity contribution in [1.29, 1.82) is 0 Å².